The van der Waals surface area contributed by atoms with E-state index in [2.05, 4.69) is 10.6 Å². The molecule has 3 aromatic rings. The summed E-state index contributed by atoms with van der Waals surface area (Å²) < 4.78 is 0. The number of hydrogen-bond donors (Lipinski definition) is 3. The van der Waals surface area contributed by atoms with Crippen molar-refractivity contribution in [3.05, 3.63) is 90.0 Å². The van der Waals surface area contributed by atoms with Gasteiger partial charge in [-0.3, -0.25) is 14.4 Å². The van der Waals surface area contributed by atoms with E-state index in [-0.39, 0.29) is 17.7 Å². The van der Waals surface area contributed by atoms with Crippen LogP contribution in [0.4, 0.5) is 11.4 Å². The smallest absolute Gasteiger partial charge is 0.248 e. The molecule has 0 radical (unpaired) electrons. The molecule has 1 unspecified atom stereocenters. The number of hydrogen-bond acceptors (Lipinski definition) is 4. The molecule has 4 N–H and O–H groups in total. The predicted octanol–water partition coefficient (Wildman–Crippen LogP) is 5.78. The highest BCUT2D eigenvalue weighted by Crippen LogP contribution is 2.37. The Bertz CT molecular complexity index is 1180. The van der Waals surface area contributed by atoms with Gasteiger partial charge in [0.15, 0.2) is 0 Å². The highest BCUT2D eigenvalue weighted by atomic mass is 32.2. The van der Waals surface area contributed by atoms with Gasteiger partial charge < -0.3 is 16.4 Å². The van der Waals surface area contributed by atoms with Crippen molar-refractivity contribution in [3.63, 3.8) is 0 Å². The molecule has 0 aliphatic heterocycles. The van der Waals surface area contributed by atoms with E-state index < -0.39 is 11.2 Å². The number of nitrogens with one attached hydrogen (secondary N) is 2. The van der Waals surface area contributed by atoms with Gasteiger partial charge in [0.05, 0.1) is 0 Å². The molecular formula is C28H29N3O3S. The molecule has 4 rings (SSSR count). The Hall–Kier alpha value is -3.58. The quantitative estimate of drug-likeness (QED) is 0.351. The summed E-state index contributed by atoms with van der Waals surface area (Å²) in [5.41, 5.74) is 7.86. The molecule has 6 nitrogen and oxygen atoms in total. The van der Waals surface area contributed by atoms with E-state index in [4.69, 9.17) is 5.73 Å². The van der Waals surface area contributed by atoms with Crippen LogP contribution in [0.15, 0.2) is 83.8 Å². The fourth-order valence-electron chi connectivity index (χ4n) is 4.22. The van der Waals surface area contributed by atoms with Crippen LogP contribution in [0.2, 0.25) is 0 Å². The van der Waals surface area contributed by atoms with Crippen LogP contribution < -0.4 is 16.4 Å². The number of benzene rings is 3. The van der Waals surface area contributed by atoms with E-state index in [0.717, 1.165) is 41.8 Å². The maximum atomic E-state index is 13.3. The summed E-state index contributed by atoms with van der Waals surface area (Å²) in [5, 5.41) is 5.48. The Morgan fingerprint density at radius 3 is 2.20 bits per heavy atom. The van der Waals surface area contributed by atoms with E-state index >= 15 is 0 Å². The minimum absolute atomic E-state index is 0.0728. The Kier molecular flexibility index (Phi) is 8.21. The van der Waals surface area contributed by atoms with E-state index in [9.17, 15) is 14.4 Å². The molecule has 0 saturated heterocycles. The van der Waals surface area contributed by atoms with Crippen LogP contribution in [0.25, 0.3) is 0 Å². The van der Waals surface area contributed by atoms with Crippen molar-refractivity contribution in [1.29, 1.82) is 0 Å². The Morgan fingerprint density at radius 1 is 0.800 bits per heavy atom. The zero-order valence-electron chi connectivity index (χ0n) is 19.4. The van der Waals surface area contributed by atoms with E-state index in [1.165, 1.54) is 18.2 Å². The van der Waals surface area contributed by atoms with Gasteiger partial charge in [0.2, 0.25) is 17.7 Å². The van der Waals surface area contributed by atoms with Gasteiger partial charge in [0.25, 0.3) is 0 Å². The first kappa shape index (κ1) is 24.5. The van der Waals surface area contributed by atoms with Gasteiger partial charge in [-0.1, -0.05) is 55.7 Å². The predicted molar refractivity (Wildman–Crippen MR) is 140 cm³/mol. The van der Waals surface area contributed by atoms with E-state index in [1.54, 1.807) is 24.3 Å². The number of anilines is 2. The molecule has 0 aromatic heterocycles. The molecule has 1 aliphatic rings. The normalized spacial score (nSPS) is 14.6. The van der Waals surface area contributed by atoms with Crippen molar-refractivity contribution in [2.75, 3.05) is 10.6 Å². The van der Waals surface area contributed by atoms with Crippen molar-refractivity contribution in [2.45, 2.75) is 42.2 Å². The fourth-order valence-corrected chi connectivity index (χ4v) is 5.30. The monoisotopic (exact) mass is 487 g/mol. The lowest BCUT2D eigenvalue weighted by atomic mass is 9.88. The molecule has 3 amide bonds. The third-order valence-electron chi connectivity index (χ3n) is 6.11. The number of nitrogens with two attached hydrogens (primary N) is 1. The molecule has 35 heavy (non-hydrogen) atoms. The van der Waals surface area contributed by atoms with Gasteiger partial charge in [-0.25, -0.2) is 0 Å². The summed E-state index contributed by atoms with van der Waals surface area (Å²) in [6, 6.07) is 23.7. The maximum Gasteiger partial charge on any atom is 0.248 e. The third-order valence-corrected chi connectivity index (χ3v) is 7.36. The second kappa shape index (κ2) is 11.7. The van der Waals surface area contributed by atoms with Crippen molar-refractivity contribution < 1.29 is 14.4 Å². The molecule has 0 spiro atoms. The Labute approximate surface area is 209 Å². The Morgan fingerprint density at radius 2 is 1.51 bits per heavy atom. The van der Waals surface area contributed by atoms with Crippen LogP contribution in [0.5, 0.6) is 0 Å². The van der Waals surface area contributed by atoms with Gasteiger partial charge in [0, 0.05) is 27.8 Å². The molecular weight excluding hydrogens is 458 g/mol. The zero-order valence-corrected chi connectivity index (χ0v) is 20.2. The average Bonchev–Trinajstić information content (AvgIpc) is 2.89. The topological polar surface area (TPSA) is 101 Å². The van der Waals surface area contributed by atoms with Crippen LogP contribution in [-0.4, -0.2) is 17.7 Å². The summed E-state index contributed by atoms with van der Waals surface area (Å²) in [6.07, 6.45) is 5.29. The minimum atomic E-state index is -0.518. The van der Waals surface area contributed by atoms with Gasteiger partial charge in [0.1, 0.15) is 5.25 Å². The number of thioether (sulfide) groups is 1. The largest absolute Gasteiger partial charge is 0.366 e. The first-order valence-corrected chi connectivity index (χ1v) is 12.7. The highest BCUT2D eigenvalue weighted by molar-refractivity contribution is 8.00. The maximum absolute atomic E-state index is 13.3. The molecule has 3 aromatic carbocycles. The van der Waals surface area contributed by atoms with Crippen LogP contribution in [0, 0.1) is 5.92 Å². The number of amides is 3. The summed E-state index contributed by atoms with van der Waals surface area (Å²) >= 11 is 1.42. The van der Waals surface area contributed by atoms with Gasteiger partial charge in [-0.15, -0.1) is 11.8 Å². The fraction of sp³-hybridized carbons (Fsp3) is 0.250. The summed E-state index contributed by atoms with van der Waals surface area (Å²) in [6.45, 7) is 0. The number of rotatable bonds is 8. The summed E-state index contributed by atoms with van der Waals surface area (Å²) in [4.78, 5) is 38.2. The summed E-state index contributed by atoms with van der Waals surface area (Å²) in [5.74, 6) is -0.562. The lowest BCUT2D eigenvalue weighted by Crippen LogP contribution is -2.24. The van der Waals surface area contributed by atoms with Crippen molar-refractivity contribution >= 4 is 40.9 Å². The molecule has 1 saturated carbocycles. The highest BCUT2D eigenvalue weighted by Gasteiger charge is 2.24. The Balaban J connectivity index is 1.49. The number of primary amides is 1. The number of carbonyl (C=O) groups excluding carboxylic acids is 3. The molecule has 1 aliphatic carbocycles. The van der Waals surface area contributed by atoms with Crippen LogP contribution in [0.3, 0.4) is 0 Å². The first-order valence-electron chi connectivity index (χ1n) is 11.8. The van der Waals surface area contributed by atoms with Gasteiger partial charge >= 0.3 is 0 Å². The van der Waals surface area contributed by atoms with E-state index in [1.807, 2.05) is 54.6 Å². The standard InChI is InChI=1S/C28H29N3O3S/c29-26(32)20-14-16-22(17-15-20)30-28(34)25(19-8-3-1-4-9-19)35-24-13-7-12-23(18-24)31-27(33)21-10-5-2-6-11-21/h1,3-4,7-9,12-18,21,25H,2,5-6,10-11H2,(H2,29,32)(H,30,34)(H,31,33). The van der Waals surface area contributed by atoms with E-state index in [0.29, 0.717) is 11.3 Å². The van der Waals surface area contributed by atoms with Gasteiger partial charge in [-0.2, -0.15) is 0 Å². The lowest BCUT2D eigenvalue weighted by molar-refractivity contribution is -0.120. The SMILES string of the molecule is NC(=O)c1ccc(NC(=O)C(Sc2cccc(NC(=O)C3CCCCC3)c2)c2ccccc2)cc1. The molecule has 180 valence electrons. The lowest BCUT2D eigenvalue weighted by Gasteiger charge is -2.21. The molecule has 0 bridgehead atoms. The third kappa shape index (κ3) is 6.73. The van der Waals surface area contributed by atoms with Crippen LogP contribution in [0.1, 0.15) is 53.3 Å². The van der Waals surface area contributed by atoms with Crippen molar-refractivity contribution in [2.24, 2.45) is 11.7 Å². The summed E-state index contributed by atoms with van der Waals surface area (Å²) in [7, 11) is 0. The molecule has 7 heteroatoms. The van der Waals surface area contributed by atoms with Crippen molar-refractivity contribution in [1.82, 2.24) is 0 Å². The van der Waals surface area contributed by atoms with Crippen molar-refractivity contribution in [3.8, 4) is 0 Å². The second-order valence-corrected chi connectivity index (χ2v) is 9.87. The zero-order chi connectivity index (χ0) is 24.6. The number of carbonyl (C=O) groups is 3. The minimum Gasteiger partial charge on any atom is -0.366 e. The van der Waals surface area contributed by atoms with Crippen LogP contribution >= 0.6 is 11.8 Å². The molecule has 1 fully saturated rings. The van der Waals surface area contributed by atoms with Crippen LogP contribution in [-0.2, 0) is 9.59 Å². The second-order valence-electron chi connectivity index (χ2n) is 8.69. The first-order chi connectivity index (χ1) is 17.0. The van der Waals surface area contributed by atoms with Gasteiger partial charge in [-0.05, 0) is 60.9 Å². The average molecular weight is 488 g/mol. The molecule has 0 heterocycles. The molecule has 1 atom stereocenters.